The van der Waals surface area contributed by atoms with Gasteiger partial charge in [-0.15, -0.1) is 0 Å². The van der Waals surface area contributed by atoms with Crippen LogP contribution in [0.25, 0.3) is 10.9 Å². The topological polar surface area (TPSA) is 115 Å². The number of rotatable bonds is 7. The standard InChI is InChI=1S/C35H37N5O5/c1-35(2,3)45-33(43)37-28(18-24-20-36-27-17-11-10-16-26(24)27)30-22-38(21-23-12-6-4-7-13-23)32(42)29-19-31(41)39(34(44)40(29)30)25-14-8-5-9-15-25/h4-17,20,28-30,36H,18-19,21-22H2,1-3H3,(H,37,43)/t28-,29+,30+/m1/s1. The molecule has 232 valence electrons. The van der Waals surface area contributed by atoms with Crippen LogP contribution in [0.4, 0.5) is 15.3 Å². The van der Waals surface area contributed by atoms with E-state index in [0.717, 1.165) is 26.9 Å². The molecule has 45 heavy (non-hydrogen) atoms. The van der Waals surface area contributed by atoms with Crippen molar-refractivity contribution in [3.63, 3.8) is 0 Å². The van der Waals surface area contributed by atoms with Gasteiger partial charge < -0.3 is 24.8 Å². The Hall–Kier alpha value is -5.12. The summed E-state index contributed by atoms with van der Waals surface area (Å²) >= 11 is 0. The average Bonchev–Trinajstić information content (AvgIpc) is 3.41. The summed E-state index contributed by atoms with van der Waals surface area (Å²) in [6.07, 6.45) is 1.44. The number of alkyl carbamates (subject to hydrolysis) is 1. The van der Waals surface area contributed by atoms with Crippen LogP contribution in [0, 0.1) is 0 Å². The molecule has 2 saturated heterocycles. The molecule has 3 aromatic carbocycles. The van der Waals surface area contributed by atoms with Crippen molar-refractivity contribution in [2.24, 2.45) is 0 Å². The second kappa shape index (κ2) is 12.1. The third kappa shape index (κ3) is 6.26. The number of carbonyl (C=O) groups excluding carboxylic acids is 4. The minimum Gasteiger partial charge on any atom is -0.444 e. The Bertz CT molecular complexity index is 1710. The van der Waals surface area contributed by atoms with Crippen LogP contribution in [0.2, 0.25) is 0 Å². The lowest BCUT2D eigenvalue weighted by molar-refractivity contribution is -0.147. The van der Waals surface area contributed by atoms with E-state index in [1.807, 2.05) is 66.9 Å². The van der Waals surface area contributed by atoms with Crippen molar-refractivity contribution >= 4 is 40.5 Å². The number of anilines is 1. The number of piperazine rings is 1. The van der Waals surface area contributed by atoms with Crippen LogP contribution in [0.1, 0.15) is 38.3 Å². The maximum absolute atomic E-state index is 14.3. The summed E-state index contributed by atoms with van der Waals surface area (Å²) < 4.78 is 5.67. The lowest BCUT2D eigenvalue weighted by Gasteiger charge is -2.51. The van der Waals surface area contributed by atoms with E-state index in [1.54, 1.807) is 49.9 Å². The van der Waals surface area contributed by atoms with Crippen LogP contribution in [0.3, 0.4) is 0 Å². The van der Waals surface area contributed by atoms with Crippen LogP contribution in [-0.2, 0) is 27.3 Å². The zero-order chi connectivity index (χ0) is 31.7. The molecule has 2 aliphatic heterocycles. The summed E-state index contributed by atoms with van der Waals surface area (Å²) in [6, 6.07) is 23.2. The Morgan fingerprint density at radius 1 is 0.956 bits per heavy atom. The second-order valence-electron chi connectivity index (χ2n) is 12.6. The number of fused-ring (bicyclic) bond motifs is 2. The first kappa shape index (κ1) is 29.9. The first-order valence-electron chi connectivity index (χ1n) is 15.2. The fourth-order valence-corrected chi connectivity index (χ4v) is 6.28. The van der Waals surface area contributed by atoms with Crippen molar-refractivity contribution in [1.82, 2.24) is 20.1 Å². The smallest absolute Gasteiger partial charge is 0.407 e. The highest BCUT2D eigenvalue weighted by molar-refractivity contribution is 6.18. The van der Waals surface area contributed by atoms with Gasteiger partial charge in [0.25, 0.3) is 0 Å². The molecule has 0 unspecified atom stereocenters. The number of nitrogens with one attached hydrogen (secondary N) is 2. The number of ether oxygens (including phenoxy) is 1. The first-order chi connectivity index (χ1) is 21.6. The maximum Gasteiger partial charge on any atom is 0.407 e. The number of amides is 5. The normalized spacial score (nSPS) is 19.4. The zero-order valence-corrected chi connectivity index (χ0v) is 25.6. The summed E-state index contributed by atoms with van der Waals surface area (Å²) in [6.45, 7) is 5.81. The molecule has 3 atom stereocenters. The van der Waals surface area contributed by atoms with Crippen LogP contribution in [0.15, 0.2) is 91.1 Å². The Morgan fingerprint density at radius 2 is 1.62 bits per heavy atom. The third-order valence-corrected chi connectivity index (χ3v) is 8.24. The monoisotopic (exact) mass is 607 g/mol. The number of aromatic amines is 1. The molecule has 2 N–H and O–H groups in total. The number of benzene rings is 3. The number of urea groups is 1. The number of nitrogens with zero attached hydrogens (tertiary/aromatic N) is 3. The molecular weight excluding hydrogens is 570 g/mol. The van der Waals surface area contributed by atoms with E-state index in [2.05, 4.69) is 10.3 Å². The van der Waals surface area contributed by atoms with E-state index in [4.69, 9.17) is 4.74 Å². The van der Waals surface area contributed by atoms with Gasteiger partial charge in [0.15, 0.2) is 0 Å². The highest BCUT2D eigenvalue weighted by Crippen LogP contribution is 2.33. The summed E-state index contributed by atoms with van der Waals surface area (Å²) in [5, 5.41) is 4.04. The van der Waals surface area contributed by atoms with E-state index in [1.165, 1.54) is 4.90 Å². The lowest BCUT2D eigenvalue weighted by Crippen LogP contribution is -2.73. The summed E-state index contributed by atoms with van der Waals surface area (Å²) in [5.74, 6) is -0.748. The van der Waals surface area contributed by atoms with E-state index >= 15 is 0 Å². The van der Waals surface area contributed by atoms with Gasteiger partial charge in [0.05, 0.1) is 24.2 Å². The van der Waals surface area contributed by atoms with Gasteiger partial charge in [-0.1, -0.05) is 66.7 Å². The van der Waals surface area contributed by atoms with Gasteiger partial charge in [0.1, 0.15) is 11.6 Å². The first-order valence-corrected chi connectivity index (χ1v) is 15.2. The molecule has 10 nitrogen and oxygen atoms in total. The number of hydrogen-bond donors (Lipinski definition) is 2. The van der Waals surface area contributed by atoms with E-state index in [0.29, 0.717) is 18.7 Å². The second-order valence-corrected chi connectivity index (χ2v) is 12.6. The Labute approximate surface area is 261 Å². The number of carbonyl (C=O) groups is 4. The molecule has 3 heterocycles. The van der Waals surface area contributed by atoms with Gasteiger partial charge in [-0.2, -0.15) is 0 Å². The number of imide groups is 1. The molecule has 1 aromatic heterocycles. The summed E-state index contributed by atoms with van der Waals surface area (Å²) in [5.41, 5.74) is 2.48. The molecule has 5 amide bonds. The van der Waals surface area contributed by atoms with Gasteiger partial charge in [-0.25, -0.2) is 14.5 Å². The van der Waals surface area contributed by atoms with Gasteiger partial charge in [0, 0.05) is 30.2 Å². The average molecular weight is 608 g/mol. The van der Waals surface area contributed by atoms with Crippen molar-refractivity contribution in [1.29, 1.82) is 0 Å². The zero-order valence-electron chi connectivity index (χ0n) is 25.6. The number of para-hydroxylation sites is 2. The van der Waals surface area contributed by atoms with Crippen LogP contribution in [-0.4, -0.2) is 69.0 Å². The molecule has 6 rings (SSSR count). The van der Waals surface area contributed by atoms with Gasteiger partial charge >= 0.3 is 12.1 Å². The molecular formula is C35H37N5O5. The van der Waals surface area contributed by atoms with Crippen LogP contribution < -0.4 is 10.2 Å². The summed E-state index contributed by atoms with van der Waals surface area (Å²) in [4.78, 5) is 62.8. The fourth-order valence-electron chi connectivity index (χ4n) is 6.28. The molecule has 2 fully saturated rings. The van der Waals surface area contributed by atoms with Crippen molar-refractivity contribution in [3.05, 3.63) is 102 Å². The predicted octanol–water partition coefficient (Wildman–Crippen LogP) is 5.24. The predicted molar refractivity (Wildman–Crippen MR) is 170 cm³/mol. The van der Waals surface area contributed by atoms with Crippen LogP contribution >= 0.6 is 0 Å². The van der Waals surface area contributed by atoms with Crippen molar-refractivity contribution in [2.75, 3.05) is 11.4 Å². The fraction of sp³-hybridized carbons (Fsp3) is 0.314. The molecule has 4 aromatic rings. The Kier molecular flexibility index (Phi) is 8.05. The molecule has 0 radical (unpaired) electrons. The minimum atomic E-state index is -1.02. The quantitative estimate of drug-likeness (QED) is 0.298. The Morgan fingerprint density at radius 3 is 2.33 bits per heavy atom. The third-order valence-electron chi connectivity index (χ3n) is 8.24. The molecule has 0 aliphatic carbocycles. The number of aromatic nitrogens is 1. The molecule has 10 heteroatoms. The molecule has 0 saturated carbocycles. The molecule has 0 spiro atoms. The Balaban J connectivity index is 1.42. The highest BCUT2D eigenvalue weighted by atomic mass is 16.6. The minimum absolute atomic E-state index is 0.148. The SMILES string of the molecule is CC(C)(C)OC(=O)N[C@H](Cc1c[nH]c2ccccc12)[C@@H]1CN(Cc2ccccc2)C(=O)[C@@H]2CC(=O)N(c3ccccc3)C(=O)N21. The molecule has 2 aliphatic rings. The number of hydrogen-bond acceptors (Lipinski definition) is 5. The van der Waals surface area contributed by atoms with Gasteiger partial charge in [-0.3, -0.25) is 9.59 Å². The largest absolute Gasteiger partial charge is 0.444 e. The number of H-pyrrole nitrogens is 1. The van der Waals surface area contributed by atoms with Gasteiger partial charge in [-0.05, 0) is 56.5 Å². The van der Waals surface area contributed by atoms with Gasteiger partial charge in [0.2, 0.25) is 11.8 Å². The highest BCUT2D eigenvalue weighted by Gasteiger charge is 2.52. The van der Waals surface area contributed by atoms with Crippen molar-refractivity contribution in [2.45, 2.75) is 63.9 Å². The van der Waals surface area contributed by atoms with E-state index in [-0.39, 0.29) is 18.9 Å². The lowest BCUT2D eigenvalue weighted by atomic mass is 9.91. The van der Waals surface area contributed by atoms with E-state index in [9.17, 15) is 19.2 Å². The summed E-state index contributed by atoms with van der Waals surface area (Å²) in [7, 11) is 0. The van der Waals surface area contributed by atoms with Crippen molar-refractivity contribution in [3.8, 4) is 0 Å². The van der Waals surface area contributed by atoms with E-state index < -0.39 is 41.8 Å². The maximum atomic E-state index is 14.3. The molecule has 0 bridgehead atoms. The van der Waals surface area contributed by atoms with Crippen LogP contribution in [0.5, 0.6) is 0 Å². The van der Waals surface area contributed by atoms with Crippen molar-refractivity contribution < 1.29 is 23.9 Å².